The molecule has 0 bridgehead atoms. The van der Waals surface area contributed by atoms with Crippen molar-refractivity contribution in [3.8, 4) is 0 Å². The molecule has 0 aliphatic heterocycles. The van der Waals surface area contributed by atoms with Crippen LogP contribution < -0.4 is 5.32 Å². The molecule has 1 aromatic carbocycles. The van der Waals surface area contributed by atoms with Crippen LogP contribution in [0.4, 0.5) is 0 Å². The van der Waals surface area contributed by atoms with E-state index in [1.54, 1.807) is 10.4 Å². The van der Waals surface area contributed by atoms with Crippen LogP contribution in [0.3, 0.4) is 0 Å². The summed E-state index contributed by atoms with van der Waals surface area (Å²) in [7, 11) is 2.01. The van der Waals surface area contributed by atoms with Gasteiger partial charge >= 0.3 is 0 Å². The monoisotopic (exact) mass is 325 g/mol. The van der Waals surface area contributed by atoms with Crippen molar-refractivity contribution in [2.75, 3.05) is 7.05 Å². The summed E-state index contributed by atoms with van der Waals surface area (Å²) in [6.45, 7) is 0. The van der Waals surface area contributed by atoms with Crippen molar-refractivity contribution in [3.63, 3.8) is 0 Å². The molecule has 0 saturated heterocycles. The zero-order valence-electron chi connectivity index (χ0n) is 11.4. The quantitative estimate of drug-likeness (QED) is 0.829. The number of likely N-dealkylation sites (N-methyl/N-ethyl adjacent to an activating group) is 1. The Morgan fingerprint density at radius 1 is 1.30 bits per heavy atom. The van der Waals surface area contributed by atoms with E-state index in [9.17, 15) is 0 Å². The van der Waals surface area contributed by atoms with Gasteiger partial charge in [-0.2, -0.15) is 0 Å². The zero-order valence-corrected chi connectivity index (χ0v) is 13.7. The Morgan fingerprint density at radius 2 is 2.15 bits per heavy atom. The van der Waals surface area contributed by atoms with Crippen LogP contribution >= 0.6 is 34.5 Å². The van der Waals surface area contributed by atoms with Crippen LogP contribution in [0.2, 0.25) is 10.0 Å². The fourth-order valence-corrected chi connectivity index (χ4v) is 4.56. The van der Waals surface area contributed by atoms with Gasteiger partial charge in [0.1, 0.15) is 0 Å². The smallest absolute Gasteiger partial charge is 0.0624 e. The van der Waals surface area contributed by atoms with Gasteiger partial charge < -0.3 is 5.32 Å². The maximum atomic E-state index is 6.30. The number of rotatable bonds is 4. The van der Waals surface area contributed by atoms with Gasteiger partial charge in [0.05, 0.1) is 10.0 Å². The van der Waals surface area contributed by atoms with Crippen LogP contribution in [0.1, 0.15) is 33.3 Å². The SMILES string of the molecule is CNC(Cc1cccc(Cl)c1Cl)c1cc2c(s1)CCC2. The number of fused-ring (bicyclic) bond motifs is 1. The molecule has 1 nitrogen and oxygen atoms in total. The lowest BCUT2D eigenvalue weighted by Gasteiger charge is -2.16. The summed E-state index contributed by atoms with van der Waals surface area (Å²) in [5.41, 5.74) is 2.65. The Labute approximate surface area is 133 Å². The zero-order chi connectivity index (χ0) is 14.1. The van der Waals surface area contributed by atoms with Crippen molar-refractivity contribution in [1.82, 2.24) is 5.32 Å². The summed E-state index contributed by atoms with van der Waals surface area (Å²) in [6, 6.07) is 8.53. The second-order valence-corrected chi connectivity index (χ2v) is 7.16. The van der Waals surface area contributed by atoms with E-state index < -0.39 is 0 Å². The van der Waals surface area contributed by atoms with Crippen LogP contribution in [0.5, 0.6) is 0 Å². The minimum Gasteiger partial charge on any atom is -0.312 e. The summed E-state index contributed by atoms with van der Waals surface area (Å²) in [6.07, 6.45) is 4.66. The van der Waals surface area contributed by atoms with E-state index in [0.29, 0.717) is 16.1 Å². The molecular weight excluding hydrogens is 309 g/mol. The van der Waals surface area contributed by atoms with Crippen molar-refractivity contribution in [2.45, 2.75) is 31.7 Å². The van der Waals surface area contributed by atoms with Crippen molar-refractivity contribution in [2.24, 2.45) is 0 Å². The molecule has 0 amide bonds. The molecule has 1 unspecified atom stereocenters. The lowest BCUT2D eigenvalue weighted by atomic mass is 10.0. The van der Waals surface area contributed by atoms with Gasteiger partial charge in [0.2, 0.25) is 0 Å². The fourth-order valence-electron chi connectivity index (χ4n) is 2.79. The highest BCUT2D eigenvalue weighted by atomic mass is 35.5. The number of hydrogen-bond acceptors (Lipinski definition) is 2. The van der Waals surface area contributed by atoms with Gasteiger partial charge in [0, 0.05) is 15.8 Å². The highest BCUT2D eigenvalue weighted by Gasteiger charge is 2.20. The maximum Gasteiger partial charge on any atom is 0.0624 e. The second-order valence-electron chi connectivity index (χ2n) is 5.21. The first kappa shape index (κ1) is 14.4. The van der Waals surface area contributed by atoms with Gasteiger partial charge in [-0.3, -0.25) is 0 Å². The Hall–Kier alpha value is -0.540. The second kappa shape index (κ2) is 6.07. The largest absolute Gasteiger partial charge is 0.312 e. The topological polar surface area (TPSA) is 12.0 Å². The third kappa shape index (κ3) is 2.75. The molecule has 0 spiro atoms. The molecule has 1 aromatic heterocycles. The summed E-state index contributed by atoms with van der Waals surface area (Å²) >= 11 is 14.3. The number of hydrogen-bond donors (Lipinski definition) is 1. The molecule has 4 heteroatoms. The molecule has 20 heavy (non-hydrogen) atoms. The molecule has 2 aromatic rings. The number of thiophene rings is 1. The molecule has 0 radical (unpaired) electrons. The first-order valence-corrected chi connectivity index (χ1v) is 8.48. The third-order valence-corrected chi connectivity index (χ3v) is 6.12. The summed E-state index contributed by atoms with van der Waals surface area (Å²) in [5, 5.41) is 4.72. The molecule has 0 fully saturated rings. The Morgan fingerprint density at radius 3 is 2.90 bits per heavy atom. The van der Waals surface area contributed by atoms with Crippen LogP contribution in [0.15, 0.2) is 24.3 Å². The predicted octanol–water partition coefficient (Wildman–Crippen LogP) is 5.05. The lowest BCUT2D eigenvalue weighted by molar-refractivity contribution is 0.602. The van der Waals surface area contributed by atoms with Crippen LogP contribution in [0, 0.1) is 0 Å². The summed E-state index contributed by atoms with van der Waals surface area (Å²) < 4.78 is 0. The average molecular weight is 326 g/mol. The van der Waals surface area contributed by atoms with E-state index in [1.807, 2.05) is 30.5 Å². The highest BCUT2D eigenvalue weighted by molar-refractivity contribution is 7.12. The van der Waals surface area contributed by atoms with Crippen molar-refractivity contribution >= 4 is 34.5 Å². The van der Waals surface area contributed by atoms with E-state index in [2.05, 4.69) is 17.4 Å². The van der Waals surface area contributed by atoms with E-state index in [-0.39, 0.29) is 0 Å². The van der Waals surface area contributed by atoms with E-state index in [0.717, 1.165) is 12.0 Å². The minimum absolute atomic E-state index is 0.307. The van der Waals surface area contributed by atoms with Gasteiger partial charge in [-0.15, -0.1) is 11.3 Å². The molecular formula is C16H17Cl2NS. The molecule has 3 rings (SSSR count). The van der Waals surface area contributed by atoms with Gasteiger partial charge in [-0.05, 0) is 56.0 Å². The number of aryl methyl sites for hydroxylation is 2. The van der Waals surface area contributed by atoms with Gasteiger partial charge in [0.15, 0.2) is 0 Å². The Kier molecular flexibility index (Phi) is 4.37. The molecule has 1 aliphatic carbocycles. The van der Waals surface area contributed by atoms with Crippen LogP contribution in [-0.4, -0.2) is 7.05 Å². The van der Waals surface area contributed by atoms with E-state index >= 15 is 0 Å². The standard InChI is InChI=1S/C16H17Cl2NS/c1-19-13(8-11-5-2-6-12(17)16(11)18)15-9-10-4-3-7-14(10)20-15/h2,5-6,9,13,19H,3-4,7-8H2,1H3. The normalized spacial score (nSPS) is 15.3. The summed E-state index contributed by atoms with van der Waals surface area (Å²) in [4.78, 5) is 2.98. The molecule has 1 heterocycles. The Balaban J connectivity index is 1.84. The molecule has 1 aliphatic rings. The van der Waals surface area contributed by atoms with E-state index in [1.165, 1.54) is 24.1 Å². The number of halogens is 2. The highest BCUT2D eigenvalue weighted by Crippen LogP contribution is 2.36. The molecule has 106 valence electrons. The van der Waals surface area contributed by atoms with Gasteiger partial charge in [0.25, 0.3) is 0 Å². The Bertz CT molecular complexity index is 599. The average Bonchev–Trinajstić information content (AvgIpc) is 3.01. The summed E-state index contributed by atoms with van der Waals surface area (Å²) in [5.74, 6) is 0. The molecule has 1 N–H and O–H groups in total. The van der Waals surface area contributed by atoms with Crippen LogP contribution in [-0.2, 0) is 19.3 Å². The van der Waals surface area contributed by atoms with Crippen molar-refractivity contribution in [1.29, 1.82) is 0 Å². The third-order valence-electron chi connectivity index (χ3n) is 3.91. The molecule has 1 atom stereocenters. The van der Waals surface area contributed by atoms with E-state index in [4.69, 9.17) is 23.2 Å². The van der Waals surface area contributed by atoms with Gasteiger partial charge in [-0.25, -0.2) is 0 Å². The first-order chi connectivity index (χ1) is 9.69. The van der Waals surface area contributed by atoms with Crippen molar-refractivity contribution < 1.29 is 0 Å². The number of nitrogens with one attached hydrogen (secondary N) is 1. The fraction of sp³-hybridized carbons (Fsp3) is 0.375. The van der Waals surface area contributed by atoms with Crippen molar-refractivity contribution in [3.05, 3.63) is 55.2 Å². The number of benzene rings is 1. The lowest BCUT2D eigenvalue weighted by Crippen LogP contribution is -2.18. The predicted molar refractivity (Wildman–Crippen MR) is 88.3 cm³/mol. The van der Waals surface area contributed by atoms with Crippen LogP contribution in [0.25, 0.3) is 0 Å². The first-order valence-electron chi connectivity index (χ1n) is 6.90. The van der Waals surface area contributed by atoms with Gasteiger partial charge in [-0.1, -0.05) is 35.3 Å². The molecule has 0 saturated carbocycles. The maximum absolute atomic E-state index is 6.30. The minimum atomic E-state index is 0.307.